The number of Topliss-reactive ketones (excluding diaryl/α,β-unsaturated/α-hetero) is 1. The van der Waals surface area contributed by atoms with Crippen LogP contribution >= 0.6 is 0 Å². The zero-order valence-corrected chi connectivity index (χ0v) is 12.1. The highest BCUT2D eigenvalue weighted by atomic mass is 16.5. The summed E-state index contributed by atoms with van der Waals surface area (Å²) in [5, 5.41) is 0. The van der Waals surface area contributed by atoms with Crippen molar-refractivity contribution < 1.29 is 9.53 Å². The third-order valence-electron chi connectivity index (χ3n) is 3.89. The van der Waals surface area contributed by atoms with Crippen molar-refractivity contribution in [3.63, 3.8) is 0 Å². The molecule has 1 aromatic rings. The summed E-state index contributed by atoms with van der Waals surface area (Å²) in [6.07, 6.45) is 0.949. The third kappa shape index (κ3) is 2.89. The first-order chi connectivity index (χ1) is 9.00. The van der Waals surface area contributed by atoms with Crippen molar-refractivity contribution in [3.8, 4) is 0 Å². The molecule has 0 saturated heterocycles. The average Bonchev–Trinajstić information content (AvgIpc) is 2.38. The van der Waals surface area contributed by atoms with E-state index in [0.29, 0.717) is 5.92 Å². The van der Waals surface area contributed by atoms with Crippen molar-refractivity contribution in [2.75, 3.05) is 0 Å². The quantitative estimate of drug-likeness (QED) is 0.808. The van der Waals surface area contributed by atoms with Crippen LogP contribution in [0.4, 0.5) is 0 Å². The van der Waals surface area contributed by atoms with E-state index in [1.807, 2.05) is 25.1 Å². The molecule has 2 atom stereocenters. The van der Waals surface area contributed by atoms with Crippen LogP contribution < -0.4 is 0 Å². The van der Waals surface area contributed by atoms with Crippen LogP contribution in [0.1, 0.15) is 45.8 Å². The van der Waals surface area contributed by atoms with Gasteiger partial charge in [0.25, 0.3) is 0 Å². The van der Waals surface area contributed by atoms with Gasteiger partial charge in [-0.1, -0.05) is 44.2 Å². The molecule has 1 heterocycles. The lowest BCUT2D eigenvalue weighted by molar-refractivity contribution is -0.115. The SMILES string of the molecule is CC(=O)C1=C(C)OC(c2ccccc2)CC1C(C)C. The molecule has 0 spiro atoms. The molecule has 0 bridgehead atoms. The van der Waals surface area contributed by atoms with Crippen molar-refractivity contribution in [3.05, 3.63) is 47.2 Å². The second-order valence-electron chi connectivity index (χ2n) is 5.63. The maximum atomic E-state index is 11.8. The van der Waals surface area contributed by atoms with Crippen LogP contribution in [0.2, 0.25) is 0 Å². The summed E-state index contributed by atoms with van der Waals surface area (Å²) in [7, 11) is 0. The molecule has 0 saturated carbocycles. The number of carbonyl (C=O) groups excluding carboxylic acids is 1. The van der Waals surface area contributed by atoms with E-state index < -0.39 is 0 Å². The Bertz CT molecular complexity index is 485. The Labute approximate surface area is 115 Å². The Kier molecular flexibility index (Phi) is 4.08. The molecular weight excluding hydrogens is 236 g/mol. The van der Waals surface area contributed by atoms with Gasteiger partial charge in [0, 0.05) is 5.57 Å². The van der Waals surface area contributed by atoms with E-state index in [2.05, 4.69) is 26.0 Å². The summed E-state index contributed by atoms with van der Waals surface area (Å²) < 4.78 is 5.99. The second kappa shape index (κ2) is 5.60. The van der Waals surface area contributed by atoms with Gasteiger partial charge < -0.3 is 4.74 Å². The van der Waals surface area contributed by atoms with Crippen LogP contribution in [-0.4, -0.2) is 5.78 Å². The van der Waals surface area contributed by atoms with Crippen molar-refractivity contribution in [2.24, 2.45) is 11.8 Å². The number of rotatable bonds is 3. The number of ether oxygens (including phenoxy) is 1. The molecule has 19 heavy (non-hydrogen) atoms. The number of hydrogen-bond acceptors (Lipinski definition) is 2. The highest BCUT2D eigenvalue weighted by Gasteiger charge is 2.33. The number of ketones is 1. The first-order valence-electron chi connectivity index (χ1n) is 6.94. The lowest BCUT2D eigenvalue weighted by Crippen LogP contribution is -2.26. The molecule has 0 N–H and O–H groups in total. The number of allylic oxidation sites excluding steroid dienone is 2. The fourth-order valence-electron chi connectivity index (χ4n) is 2.92. The smallest absolute Gasteiger partial charge is 0.159 e. The molecule has 2 nitrogen and oxygen atoms in total. The topological polar surface area (TPSA) is 26.3 Å². The monoisotopic (exact) mass is 258 g/mol. The van der Waals surface area contributed by atoms with E-state index in [1.165, 1.54) is 5.56 Å². The number of carbonyl (C=O) groups is 1. The molecule has 2 unspecified atom stereocenters. The number of benzene rings is 1. The Morgan fingerprint density at radius 1 is 1.26 bits per heavy atom. The summed E-state index contributed by atoms with van der Waals surface area (Å²) in [5.74, 6) is 1.68. The molecule has 0 aromatic heterocycles. The highest BCUT2D eigenvalue weighted by molar-refractivity contribution is 5.94. The van der Waals surface area contributed by atoms with Gasteiger partial charge in [0.1, 0.15) is 11.9 Å². The van der Waals surface area contributed by atoms with Crippen molar-refractivity contribution in [2.45, 2.75) is 40.2 Å². The molecule has 102 valence electrons. The molecule has 0 aliphatic carbocycles. The maximum absolute atomic E-state index is 11.8. The van der Waals surface area contributed by atoms with E-state index in [-0.39, 0.29) is 17.8 Å². The van der Waals surface area contributed by atoms with Gasteiger partial charge in [-0.15, -0.1) is 0 Å². The first kappa shape index (κ1) is 13.9. The van der Waals surface area contributed by atoms with Crippen molar-refractivity contribution in [1.82, 2.24) is 0 Å². The highest BCUT2D eigenvalue weighted by Crippen LogP contribution is 2.40. The summed E-state index contributed by atoms with van der Waals surface area (Å²) in [6.45, 7) is 7.91. The lowest BCUT2D eigenvalue weighted by Gasteiger charge is -2.34. The standard InChI is InChI=1S/C17H22O2/c1-11(2)15-10-16(14-8-6-5-7-9-14)19-13(4)17(15)12(3)18/h5-9,11,15-16H,10H2,1-4H3. The molecule has 0 fully saturated rings. The van der Waals surface area contributed by atoms with Crippen LogP contribution in [0.3, 0.4) is 0 Å². The maximum Gasteiger partial charge on any atom is 0.159 e. The van der Waals surface area contributed by atoms with Gasteiger partial charge in [0.05, 0.1) is 0 Å². The predicted molar refractivity (Wildman–Crippen MR) is 76.6 cm³/mol. The minimum atomic E-state index is 0.0664. The summed E-state index contributed by atoms with van der Waals surface area (Å²) in [6, 6.07) is 10.3. The van der Waals surface area contributed by atoms with E-state index in [9.17, 15) is 4.79 Å². The molecule has 2 rings (SSSR count). The van der Waals surface area contributed by atoms with E-state index in [1.54, 1.807) is 6.92 Å². The van der Waals surface area contributed by atoms with E-state index >= 15 is 0 Å². The largest absolute Gasteiger partial charge is 0.490 e. The number of hydrogen-bond donors (Lipinski definition) is 0. The van der Waals surface area contributed by atoms with Crippen LogP contribution in [0.15, 0.2) is 41.7 Å². The third-order valence-corrected chi connectivity index (χ3v) is 3.89. The zero-order chi connectivity index (χ0) is 14.0. The summed E-state index contributed by atoms with van der Waals surface area (Å²) in [5.41, 5.74) is 2.07. The van der Waals surface area contributed by atoms with Crippen LogP contribution in [-0.2, 0) is 9.53 Å². The Morgan fingerprint density at radius 2 is 1.89 bits per heavy atom. The molecular formula is C17H22O2. The Morgan fingerprint density at radius 3 is 2.42 bits per heavy atom. The van der Waals surface area contributed by atoms with Gasteiger partial charge in [-0.05, 0) is 37.7 Å². The molecule has 2 heteroatoms. The van der Waals surface area contributed by atoms with Crippen LogP contribution in [0.5, 0.6) is 0 Å². The first-order valence-corrected chi connectivity index (χ1v) is 6.94. The summed E-state index contributed by atoms with van der Waals surface area (Å²) >= 11 is 0. The van der Waals surface area contributed by atoms with Gasteiger partial charge >= 0.3 is 0 Å². The second-order valence-corrected chi connectivity index (χ2v) is 5.63. The summed E-state index contributed by atoms with van der Waals surface area (Å²) in [4.78, 5) is 11.8. The van der Waals surface area contributed by atoms with Crippen molar-refractivity contribution in [1.29, 1.82) is 0 Å². The minimum absolute atomic E-state index is 0.0664. The van der Waals surface area contributed by atoms with Crippen LogP contribution in [0, 0.1) is 11.8 Å². The molecule has 0 amide bonds. The molecule has 1 aromatic carbocycles. The fourth-order valence-corrected chi connectivity index (χ4v) is 2.92. The fraction of sp³-hybridized carbons (Fsp3) is 0.471. The van der Waals surface area contributed by atoms with Gasteiger partial charge in [-0.25, -0.2) is 0 Å². The Hall–Kier alpha value is -1.57. The molecule has 1 aliphatic rings. The van der Waals surface area contributed by atoms with Crippen molar-refractivity contribution >= 4 is 5.78 Å². The average molecular weight is 258 g/mol. The predicted octanol–water partition coefficient (Wildman–Crippen LogP) is 4.28. The van der Waals surface area contributed by atoms with Gasteiger partial charge in [0.2, 0.25) is 0 Å². The Balaban J connectivity index is 2.34. The minimum Gasteiger partial charge on any atom is -0.490 e. The molecule has 0 radical (unpaired) electrons. The van der Waals surface area contributed by atoms with Gasteiger partial charge in [-0.2, -0.15) is 0 Å². The van der Waals surface area contributed by atoms with E-state index in [4.69, 9.17) is 4.74 Å². The normalized spacial score (nSPS) is 23.4. The zero-order valence-electron chi connectivity index (χ0n) is 12.1. The van der Waals surface area contributed by atoms with Gasteiger partial charge in [-0.3, -0.25) is 4.79 Å². The van der Waals surface area contributed by atoms with Crippen LogP contribution in [0.25, 0.3) is 0 Å². The lowest BCUT2D eigenvalue weighted by atomic mass is 9.79. The van der Waals surface area contributed by atoms with Gasteiger partial charge in [0.15, 0.2) is 5.78 Å². The van der Waals surface area contributed by atoms with E-state index in [0.717, 1.165) is 17.8 Å². The molecule has 1 aliphatic heterocycles.